The SMILES string of the molecule is Cc1cc(C#N)ccc1NCC1CC=CCC1. The van der Waals surface area contributed by atoms with Crippen molar-refractivity contribution in [1.29, 1.82) is 5.26 Å². The van der Waals surface area contributed by atoms with Crippen LogP contribution in [0.1, 0.15) is 30.4 Å². The summed E-state index contributed by atoms with van der Waals surface area (Å²) in [5.74, 6) is 0.745. The molecular weight excluding hydrogens is 208 g/mol. The summed E-state index contributed by atoms with van der Waals surface area (Å²) in [4.78, 5) is 0. The smallest absolute Gasteiger partial charge is 0.0991 e. The molecule has 0 fully saturated rings. The third-order valence-corrected chi connectivity index (χ3v) is 3.31. The molecule has 2 rings (SSSR count). The fraction of sp³-hybridized carbons (Fsp3) is 0.400. The number of nitriles is 1. The molecule has 0 heterocycles. The van der Waals surface area contributed by atoms with E-state index >= 15 is 0 Å². The van der Waals surface area contributed by atoms with Crippen molar-refractivity contribution in [3.63, 3.8) is 0 Å². The van der Waals surface area contributed by atoms with Crippen LogP contribution >= 0.6 is 0 Å². The number of allylic oxidation sites excluding steroid dienone is 2. The Hall–Kier alpha value is -1.75. The number of anilines is 1. The predicted molar refractivity (Wildman–Crippen MR) is 70.9 cm³/mol. The van der Waals surface area contributed by atoms with E-state index in [1.165, 1.54) is 19.3 Å². The van der Waals surface area contributed by atoms with Gasteiger partial charge in [-0.3, -0.25) is 0 Å². The van der Waals surface area contributed by atoms with Gasteiger partial charge in [-0.25, -0.2) is 0 Å². The summed E-state index contributed by atoms with van der Waals surface area (Å²) < 4.78 is 0. The molecule has 0 saturated heterocycles. The van der Waals surface area contributed by atoms with Gasteiger partial charge in [-0.05, 0) is 55.9 Å². The number of aryl methyl sites for hydroxylation is 1. The van der Waals surface area contributed by atoms with Gasteiger partial charge in [-0.15, -0.1) is 0 Å². The first-order chi connectivity index (χ1) is 8.29. The first-order valence-corrected chi connectivity index (χ1v) is 6.19. The summed E-state index contributed by atoms with van der Waals surface area (Å²) in [5.41, 5.74) is 3.03. The van der Waals surface area contributed by atoms with E-state index in [1.807, 2.05) is 25.1 Å². The summed E-state index contributed by atoms with van der Waals surface area (Å²) in [7, 11) is 0. The molecule has 0 bridgehead atoms. The number of rotatable bonds is 3. The second-order valence-corrected chi connectivity index (χ2v) is 4.67. The fourth-order valence-corrected chi connectivity index (χ4v) is 2.23. The summed E-state index contributed by atoms with van der Waals surface area (Å²) >= 11 is 0. The van der Waals surface area contributed by atoms with Crippen molar-refractivity contribution in [2.75, 3.05) is 11.9 Å². The van der Waals surface area contributed by atoms with Gasteiger partial charge in [0.1, 0.15) is 0 Å². The van der Waals surface area contributed by atoms with Gasteiger partial charge in [0.2, 0.25) is 0 Å². The minimum atomic E-state index is 0.730. The molecule has 0 amide bonds. The van der Waals surface area contributed by atoms with Crippen LogP contribution in [0.15, 0.2) is 30.4 Å². The predicted octanol–water partition coefficient (Wildman–Crippen LogP) is 3.63. The van der Waals surface area contributed by atoms with Crippen LogP contribution in [0, 0.1) is 24.2 Å². The monoisotopic (exact) mass is 226 g/mol. The van der Waals surface area contributed by atoms with Crippen molar-refractivity contribution in [2.45, 2.75) is 26.2 Å². The van der Waals surface area contributed by atoms with Crippen molar-refractivity contribution in [3.8, 4) is 6.07 Å². The molecule has 1 aliphatic rings. The lowest BCUT2D eigenvalue weighted by molar-refractivity contribution is 0.504. The van der Waals surface area contributed by atoms with Crippen LogP contribution in [0.25, 0.3) is 0 Å². The van der Waals surface area contributed by atoms with E-state index in [2.05, 4.69) is 23.5 Å². The van der Waals surface area contributed by atoms with Crippen LogP contribution in [0.2, 0.25) is 0 Å². The average Bonchev–Trinajstić information content (AvgIpc) is 2.38. The minimum absolute atomic E-state index is 0.730. The maximum absolute atomic E-state index is 8.81. The first-order valence-electron chi connectivity index (χ1n) is 6.19. The van der Waals surface area contributed by atoms with Crippen LogP contribution in [-0.4, -0.2) is 6.54 Å². The molecule has 0 aromatic heterocycles. The molecule has 0 radical (unpaired) electrons. The number of nitrogens with one attached hydrogen (secondary N) is 1. The van der Waals surface area contributed by atoms with Crippen LogP contribution in [0.5, 0.6) is 0 Å². The van der Waals surface area contributed by atoms with Crippen LogP contribution in [-0.2, 0) is 0 Å². The standard InChI is InChI=1S/C15H18N2/c1-12-9-14(10-16)7-8-15(12)17-11-13-5-3-2-4-6-13/h2-3,7-9,13,17H,4-6,11H2,1H3. The summed E-state index contributed by atoms with van der Waals surface area (Å²) in [6.07, 6.45) is 8.21. The summed E-state index contributed by atoms with van der Waals surface area (Å²) in [5, 5.41) is 12.3. The Morgan fingerprint density at radius 1 is 1.41 bits per heavy atom. The Balaban J connectivity index is 1.95. The molecule has 1 aromatic carbocycles. The van der Waals surface area contributed by atoms with Gasteiger partial charge in [-0.2, -0.15) is 5.26 Å². The van der Waals surface area contributed by atoms with Crippen LogP contribution in [0.3, 0.4) is 0 Å². The van der Waals surface area contributed by atoms with E-state index in [4.69, 9.17) is 5.26 Å². The molecule has 2 heteroatoms. The van der Waals surface area contributed by atoms with Crippen molar-refractivity contribution >= 4 is 5.69 Å². The van der Waals surface area contributed by atoms with Gasteiger partial charge in [0.25, 0.3) is 0 Å². The fourth-order valence-electron chi connectivity index (χ4n) is 2.23. The van der Waals surface area contributed by atoms with Crippen molar-refractivity contribution in [3.05, 3.63) is 41.5 Å². The highest BCUT2D eigenvalue weighted by Crippen LogP contribution is 2.21. The molecule has 17 heavy (non-hydrogen) atoms. The lowest BCUT2D eigenvalue weighted by Crippen LogP contribution is -2.15. The molecule has 0 aliphatic heterocycles. The molecule has 2 nitrogen and oxygen atoms in total. The zero-order chi connectivity index (χ0) is 12.1. The van der Waals surface area contributed by atoms with E-state index in [-0.39, 0.29) is 0 Å². The van der Waals surface area contributed by atoms with Crippen molar-refractivity contribution < 1.29 is 0 Å². The highest BCUT2D eigenvalue weighted by atomic mass is 14.9. The molecule has 1 aliphatic carbocycles. The molecule has 1 N–H and O–H groups in total. The molecule has 0 spiro atoms. The van der Waals surface area contributed by atoms with Crippen LogP contribution in [0.4, 0.5) is 5.69 Å². The number of nitrogens with zero attached hydrogens (tertiary/aromatic N) is 1. The minimum Gasteiger partial charge on any atom is -0.385 e. The van der Waals surface area contributed by atoms with Gasteiger partial charge in [0, 0.05) is 12.2 Å². The van der Waals surface area contributed by atoms with Crippen molar-refractivity contribution in [2.24, 2.45) is 5.92 Å². The Morgan fingerprint density at radius 2 is 2.29 bits per heavy atom. The number of hydrogen-bond donors (Lipinski definition) is 1. The molecule has 1 unspecified atom stereocenters. The Bertz CT molecular complexity index is 454. The third-order valence-electron chi connectivity index (χ3n) is 3.31. The molecular formula is C15H18N2. The summed E-state index contributed by atoms with van der Waals surface area (Å²) in [6.45, 7) is 3.07. The Kier molecular flexibility index (Phi) is 3.82. The first kappa shape index (κ1) is 11.7. The second kappa shape index (κ2) is 5.54. The third kappa shape index (κ3) is 3.10. The van der Waals surface area contributed by atoms with Gasteiger partial charge in [0.15, 0.2) is 0 Å². The van der Waals surface area contributed by atoms with Crippen LogP contribution < -0.4 is 5.32 Å². The quantitative estimate of drug-likeness (QED) is 0.799. The molecule has 0 saturated carbocycles. The zero-order valence-corrected chi connectivity index (χ0v) is 10.2. The molecule has 1 atom stereocenters. The Morgan fingerprint density at radius 3 is 2.94 bits per heavy atom. The van der Waals surface area contributed by atoms with Gasteiger partial charge in [-0.1, -0.05) is 12.2 Å². The van der Waals surface area contributed by atoms with E-state index in [0.29, 0.717) is 0 Å². The van der Waals surface area contributed by atoms with Gasteiger partial charge < -0.3 is 5.32 Å². The number of hydrogen-bond acceptors (Lipinski definition) is 2. The maximum Gasteiger partial charge on any atom is 0.0991 e. The Labute approximate surface area is 103 Å². The van der Waals surface area contributed by atoms with Crippen molar-refractivity contribution in [1.82, 2.24) is 0 Å². The van der Waals surface area contributed by atoms with E-state index < -0.39 is 0 Å². The normalized spacial score (nSPS) is 18.7. The average molecular weight is 226 g/mol. The lowest BCUT2D eigenvalue weighted by atomic mass is 9.94. The van der Waals surface area contributed by atoms with Gasteiger partial charge >= 0.3 is 0 Å². The maximum atomic E-state index is 8.81. The largest absolute Gasteiger partial charge is 0.385 e. The summed E-state index contributed by atoms with van der Waals surface area (Å²) in [6, 6.07) is 7.97. The van der Waals surface area contributed by atoms with E-state index in [0.717, 1.165) is 29.3 Å². The van der Waals surface area contributed by atoms with Gasteiger partial charge in [0.05, 0.1) is 11.6 Å². The molecule has 1 aromatic rings. The topological polar surface area (TPSA) is 35.8 Å². The highest BCUT2D eigenvalue weighted by molar-refractivity contribution is 5.54. The zero-order valence-electron chi connectivity index (χ0n) is 10.2. The van der Waals surface area contributed by atoms with E-state index in [1.54, 1.807) is 0 Å². The highest BCUT2D eigenvalue weighted by Gasteiger charge is 2.09. The molecule has 88 valence electrons. The second-order valence-electron chi connectivity index (χ2n) is 4.67. The number of benzene rings is 1. The van der Waals surface area contributed by atoms with E-state index in [9.17, 15) is 0 Å². The lowest BCUT2D eigenvalue weighted by Gasteiger charge is -2.19.